The summed E-state index contributed by atoms with van der Waals surface area (Å²) in [5, 5.41) is 22.0. The van der Waals surface area contributed by atoms with Crippen LogP contribution >= 0.6 is 0 Å². The molecule has 0 aliphatic heterocycles. The largest absolute Gasteiger partial charge is 0.508 e. The number of benzene rings is 2. The summed E-state index contributed by atoms with van der Waals surface area (Å²) >= 11 is 0. The first-order valence-electron chi connectivity index (χ1n) is 5.60. The predicted octanol–water partition coefficient (Wildman–Crippen LogP) is 3.41. The van der Waals surface area contributed by atoms with Crippen molar-refractivity contribution in [3.05, 3.63) is 53.8 Å². The molecule has 1 atom stereocenters. The summed E-state index contributed by atoms with van der Waals surface area (Å²) < 4.78 is 12.9. The summed E-state index contributed by atoms with van der Waals surface area (Å²) in [7, 11) is 0. The van der Waals surface area contributed by atoms with Gasteiger partial charge in [-0.1, -0.05) is 6.07 Å². The third-order valence-corrected chi connectivity index (χ3v) is 2.71. The molecule has 0 radical (unpaired) electrons. The van der Waals surface area contributed by atoms with Gasteiger partial charge in [-0.3, -0.25) is 0 Å². The van der Waals surface area contributed by atoms with Gasteiger partial charge in [-0.15, -0.1) is 0 Å². The molecule has 3 nitrogen and oxygen atoms in total. The highest BCUT2D eigenvalue weighted by molar-refractivity contribution is 5.49. The number of rotatable bonds is 3. The zero-order valence-electron chi connectivity index (χ0n) is 9.89. The van der Waals surface area contributed by atoms with Gasteiger partial charge < -0.3 is 15.5 Å². The average molecular weight is 247 g/mol. The van der Waals surface area contributed by atoms with Crippen molar-refractivity contribution in [3.8, 4) is 11.5 Å². The fraction of sp³-hybridized carbons (Fsp3) is 0.143. The summed E-state index contributed by atoms with van der Waals surface area (Å²) in [5.41, 5.74) is 1.42. The van der Waals surface area contributed by atoms with Crippen LogP contribution in [0, 0.1) is 5.82 Å². The van der Waals surface area contributed by atoms with Crippen LogP contribution in [0.2, 0.25) is 0 Å². The minimum Gasteiger partial charge on any atom is -0.508 e. The Labute approximate surface area is 105 Å². The van der Waals surface area contributed by atoms with E-state index in [1.165, 1.54) is 6.07 Å². The van der Waals surface area contributed by atoms with E-state index >= 15 is 0 Å². The van der Waals surface area contributed by atoms with Gasteiger partial charge in [-0.2, -0.15) is 0 Å². The molecule has 0 saturated heterocycles. The van der Waals surface area contributed by atoms with Crippen LogP contribution in [0.5, 0.6) is 11.5 Å². The van der Waals surface area contributed by atoms with E-state index in [0.717, 1.165) is 11.8 Å². The second kappa shape index (κ2) is 4.96. The number of anilines is 1. The smallest absolute Gasteiger partial charge is 0.126 e. The molecule has 0 saturated carbocycles. The summed E-state index contributed by atoms with van der Waals surface area (Å²) in [6, 6.07) is 10.4. The molecule has 2 aromatic rings. The second-order valence-electron chi connectivity index (χ2n) is 4.12. The first-order valence-corrected chi connectivity index (χ1v) is 5.60. The van der Waals surface area contributed by atoms with Gasteiger partial charge in [-0.25, -0.2) is 4.39 Å². The van der Waals surface area contributed by atoms with Crippen LogP contribution in [0.1, 0.15) is 18.5 Å². The van der Waals surface area contributed by atoms with Crippen molar-refractivity contribution in [2.24, 2.45) is 0 Å². The van der Waals surface area contributed by atoms with Gasteiger partial charge in [0.15, 0.2) is 0 Å². The monoisotopic (exact) mass is 247 g/mol. The Bertz CT molecular complexity index is 540. The second-order valence-corrected chi connectivity index (χ2v) is 4.12. The van der Waals surface area contributed by atoms with Gasteiger partial charge >= 0.3 is 0 Å². The van der Waals surface area contributed by atoms with Crippen LogP contribution in [0.25, 0.3) is 0 Å². The zero-order valence-corrected chi connectivity index (χ0v) is 9.89. The lowest BCUT2D eigenvalue weighted by atomic mass is 10.1. The van der Waals surface area contributed by atoms with E-state index in [-0.39, 0.29) is 17.5 Å². The van der Waals surface area contributed by atoms with E-state index in [2.05, 4.69) is 5.32 Å². The van der Waals surface area contributed by atoms with Crippen LogP contribution in [-0.4, -0.2) is 10.2 Å². The zero-order chi connectivity index (χ0) is 13.1. The SMILES string of the molecule is CC(Nc1ccc(O)cc1)c1ccc(F)cc1O. The molecule has 0 aliphatic rings. The number of halogens is 1. The first kappa shape index (κ1) is 12.2. The third kappa shape index (κ3) is 2.71. The van der Waals surface area contributed by atoms with E-state index in [4.69, 9.17) is 0 Å². The maximum atomic E-state index is 12.9. The lowest BCUT2D eigenvalue weighted by Gasteiger charge is -2.17. The standard InChI is InChI=1S/C14H14FNO2/c1-9(13-7-2-10(15)8-14(13)18)16-11-3-5-12(17)6-4-11/h2-9,16-18H,1H3. The Kier molecular flexibility index (Phi) is 3.37. The molecule has 0 heterocycles. The summed E-state index contributed by atoms with van der Waals surface area (Å²) in [4.78, 5) is 0. The van der Waals surface area contributed by atoms with Crippen molar-refractivity contribution in [3.63, 3.8) is 0 Å². The van der Waals surface area contributed by atoms with Gasteiger partial charge in [0.25, 0.3) is 0 Å². The number of nitrogens with one attached hydrogen (secondary N) is 1. The maximum absolute atomic E-state index is 12.9. The minimum absolute atomic E-state index is 0.0752. The molecule has 0 spiro atoms. The molecule has 0 bridgehead atoms. The number of phenols is 2. The van der Waals surface area contributed by atoms with Crippen molar-refractivity contribution >= 4 is 5.69 Å². The van der Waals surface area contributed by atoms with Gasteiger partial charge in [0.2, 0.25) is 0 Å². The molecule has 1 unspecified atom stereocenters. The van der Waals surface area contributed by atoms with Gasteiger partial charge in [-0.05, 0) is 37.3 Å². The summed E-state index contributed by atoms with van der Waals surface area (Å²) in [6.45, 7) is 1.86. The van der Waals surface area contributed by atoms with Gasteiger partial charge in [0, 0.05) is 17.3 Å². The van der Waals surface area contributed by atoms with E-state index in [1.807, 2.05) is 6.92 Å². The van der Waals surface area contributed by atoms with Crippen LogP contribution < -0.4 is 5.32 Å². The molecule has 4 heteroatoms. The summed E-state index contributed by atoms with van der Waals surface area (Å²) in [6.07, 6.45) is 0. The molecule has 3 N–H and O–H groups in total. The van der Waals surface area contributed by atoms with Crippen molar-refractivity contribution in [1.29, 1.82) is 0 Å². The predicted molar refractivity (Wildman–Crippen MR) is 68.2 cm³/mol. The molecule has 2 aromatic carbocycles. The normalized spacial score (nSPS) is 12.1. The molecule has 0 aliphatic carbocycles. The van der Waals surface area contributed by atoms with Crippen molar-refractivity contribution in [2.45, 2.75) is 13.0 Å². The molecular weight excluding hydrogens is 233 g/mol. The van der Waals surface area contributed by atoms with Crippen molar-refractivity contribution < 1.29 is 14.6 Å². The average Bonchev–Trinajstić information content (AvgIpc) is 2.32. The number of phenolic OH excluding ortho intramolecular Hbond substituents is 2. The molecule has 0 aromatic heterocycles. The minimum atomic E-state index is -0.465. The highest BCUT2D eigenvalue weighted by Crippen LogP contribution is 2.27. The van der Waals surface area contributed by atoms with Crippen LogP contribution in [0.3, 0.4) is 0 Å². The van der Waals surface area contributed by atoms with Crippen LogP contribution in [0.4, 0.5) is 10.1 Å². The third-order valence-electron chi connectivity index (χ3n) is 2.71. The Morgan fingerprint density at radius 2 is 1.72 bits per heavy atom. The lowest BCUT2D eigenvalue weighted by molar-refractivity contribution is 0.459. The highest BCUT2D eigenvalue weighted by Gasteiger charge is 2.10. The molecular formula is C14H14FNO2. The van der Waals surface area contributed by atoms with Gasteiger partial charge in [0.05, 0.1) is 6.04 Å². The van der Waals surface area contributed by atoms with Crippen molar-refractivity contribution in [1.82, 2.24) is 0 Å². The molecule has 0 fully saturated rings. The molecule has 2 rings (SSSR count). The fourth-order valence-corrected chi connectivity index (χ4v) is 1.77. The van der Waals surface area contributed by atoms with Crippen molar-refractivity contribution in [2.75, 3.05) is 5.32 Å². The number of hydrogen-bond acceptors (Lipinski definition) is 3. The van der Waals surface area contributed by atoms with E-state index in [9.17, 15) is 14.6 Å². The maximum Gasteiger partial charge on any atom is 0.126 e. The van der Waals surface area contributed by atoms with E-state index in [1.54, 1.807) is 30.3 Å². The van der Waals surface area contributed by atoms with Crippen LogP contribution in [0.15, 0.2) is 42.5 Å². The van der Waals surface area contributed by atoms with E-state index in [0.29, 0.717) is 5.56 Å². The Balaban J connectivity index is 2.16. The van der Waals surface area contributed by atoms with Crippen LogP contribution in [-0.2, 0) is 0 Å². The number of aromatic hydroxyl groups is 2. The first-order chi connectivity index (χ1) is 8.56. The molecule has 18 heavy (non-hydrogen) atoms. The quantitative estimate of drug-likeness (QED) is 0.728. The molecule has 94 valence electrons. The lowest BCUT2D eigenvalue weighted by Crippen LogP contribution is -2.06. The topological polar surface area (TPSA) is 52.5 Å². The highest BCUT2D eigenvalue weighted by atomic mass is 19.1. The molecule has 0 amide bonds. The van der Waals surface area contributed by atoms with E-state index < -0.39 is 5.82 Å². The fourth-order valence-electron chi connectivity index (χ4n) is 1.77. The Morgan fingerprint density at radius 3 is 2.33 bits per heavy atom. The summed E-state index contributed by atoms with van der Waals surface area (Å²) in [5.74, 6) is -0.348. The Morgan fingerprint density at radius 1 is 1.06 bits per heavy atom. The van der Waals surface area contributed by atoms with Gasteiger partial charge in [0.1, 0.15) is 17.3 Å². The Hall–Kier alpha value is -2.23. The number of hydrogen-bond donors (Lipinski definition) is 3.